The number of thiazole rings is 1. The summed E-state index contributed by atoms with van der Waals surface area (Å²) in [6.07, 6.45) is 1.88. The lowest BCUT2D eigenvalue weighted by Crippen LogP contribution is -2.21. The Morgan fingerprint density at radius 2 is 1.77 bits per heavy atom. The smallest absolute Gasteiger partial charge is 0.338 e. The van der Waals surface area contributed by atoms with E-state index in [4.69, 9.17) is 21.9 Å². The number of thioether (sulfide) groups is 1. The van der Waals surface area contributed by atoms with Crippen LogP contribution in [0.2, 0.25) is 0 Å². The summed E-state index contributed by atoms with van der Waals surface area (Å²) in [5.74, 6) is -0.378. The van der Waals surface area contributed by atoms with Gasteiger partial charge >= 0.3 is 5.97 Å². The molecule has 0 N–H and O–H groups in total. The third-order valence-corrected chi connectivity index (χ3v) is 6.40. The molecule has 152 valence electrons. The number of rotatable bonds is 5. The van der Waals surface area contributed by atoms with Crippen LogP contribution in [0.5, 0.6) is 0 Å². The first-order valence-corrected chi connectivity index (χ1v) is 11.6. The molecule has 4 aromatic rings. The van der Waals surface area contributed by atoms with E-state index in [2.05, 4.69) is 0 Å². The largest absolute Gasteiger partial charge is 0.462 e. The topological polar surface area (TPSA) is 66.1 Å². The Balaban J connectivity index is 1.90. The molecular weight excluding hydrogens is 438 g/mol. The summed E-state index contributed by atoms with van der Waals surface area (Å²) in [6.45, 7) is 2.08. The molecule has 0 atom stereocenters. The molecule has 0 fully saturated rings. The second-order valence-electron chi connectivity index (χ2n) is 6.20. The van der Waals surface area contributed by atoms with Gasteiger partial charge in [-0.3, -0.25) is 13.9 Å². The fourth-order valence-corrected chi connectivity index (χ4v) is 4.92. The summed E-state index contributed by atoms with van der Waals surface area (Å²) in [6, 6.07) is 16.3. The van der Waals surface area contributed by atoms with Crippen molar-refractivity contribution in [3.63, 3.8) is 0 Å². The molecule has 6 nitrogen and oxygen atoms in total. The zero-order valence-electron chi connectivity index (χ0n) is 16.2. The van der Waals surface area contributed by atoms with Gasteiger partial charge in [-0.1, -0.05) is 41.3 Å². The zero-order chi connectivity index (χ0) is 21.3. The quantitative estimate of drug-likeness (QED) is 0.185. The summed E-state index contributed by atoms with van der Waals surface area (Å²) in [4.78, 5) is 30.0. The Morgan fingerprint density at radius 3 is 2.40 bits per heavy atom. The van der Waals surface area contributed by atoms with Gasteiger partial charge in [0, 0.05) is 5.69 Å². The van der Waals surface area contributed by atoms with Crippen molar-refractivity contribution in [2.24, 2.45) is 0 Å². The van der Waals surface area contributed by atoms with Crippen molar-refractivity contribution in [2.45, 2.75) is 12.1 Å². The lowest BCUT2D eigenvalue weighted by molar-refractivity contribution is 0.0526. The Kier molecular flexibility index (Phi) is 5.85. The van der Waals surface area contributed by atoms with Crippen LogP contribution in [0.15, 0.2) is 64.5 Å². The maximum absolute atomic E-state index is 13.3. The van der Waals surface area contributed by atoms with Crippen LogP contribution in [-0.2, 0) is 4.74 Å². The Hall–Kier alpha value is -2.75. The van der Waals surface area contributed by atoms with Crippen molar-refractivity contribution < 1.29 is 9.53 Å². The van der Waals surface area contributed by atoms with E-state index in [1.807, 2.05) is 36.6 Å². The maximum Gasteiger partial charge on any atom is 0.338 e. The molecule has 0 aliphatic carbocycles. The third-order valence-electron chi connectivity index (χ3n) is 4.41. The van der Waals surface area contributed by atoms with E-state index in [-0.39, 0.29) is 11.5 Å². The predicted octanol–water partition coefficient (Wildman–Crippen LogP) is 4.87. The van der Waals surface area contributed by atoms with Gasteiger partial charge in [-0.2, -0.15) is 0 Å². The van der Waals surface area contributed by atoms with Gasteiger partial charge in [-0.05, 0) is 61.8 Å². The van der Waals surface area contributed by atoms with Gasteiger partial charge in [0.15, 0.2) is 14.8 Å². The van der Waals surface area contributed by atoms with E-state index in [1.165, 1.54) is 23.1 Å². The summed E-state index contributed by atoms with van der Waals surface area (Å²) < 4.78 is 9.39. The van der Waals surface area contributed by atoms with Crippen LogP contribution in [0.25, 0.3) is 21.7 Å². The molecule has 0 unspecified atom stereocenters. The number of carbonyl (C=O) groups is 1. The van der Waals surface area contributed by atoms with Crippen LogP contribution < -0.4 is 5.56 Å². The maximum atomic E-state index is 13.3. The number of para-hydroxylation sites is 1. The molecule has 0 amide bonds. The van der Waals surface area contributed by atoms with Crippen molar-refractivity contribution in [1.29, 1.82) is 0 Å². The molecule has 0 radical (unpaired) electrons. The monoisotopic (exact) mass is 455 g/mol. The number of hydrogen-bond acceptors (Lipinski definition) is 7. The Morgan fingerprint density at radius 1 is 1.10 bits per heavy atom. The minimum Gasteiger partial charge on any atom is -0.462 e. The van der Waals surface area contributed by atoms with Crippen molar-refractivity contribution >= 4 is 51.6 Å². The molecule has 0 aliphatic rings. The normalized spacial score (nSPS) is 11.0. The first-order chi connectivity index (χ1) is 14.5. The van der Waals surface area contributed by atoms with Crippen LogP contribution >= 0.6 is 35.3 Å². The SMILES string of the molecule is CCOC(=O)c1ccc(-n2c(=S)sc3c(=O)n(-c4ccccc4)c(SC)nc32)cc1. The van der Waals surface area contributed by atoms with Crippen molar-refractivity contribution in [1.82, 2.24) is 14.1 Å². The number of fused-ring (bicyclic) bond motifs is 1. The predicted molar refractivity (Wildman–Crippen MR) is 123 cm³/mol. The minimum absolute atomic E-state index is 0.159. The third kappa shape index (κ3) is 3.60. The van der Waals surface area contributed by atoms with Gasteiger partial charge in [0.25, 0.3) is 5.56 Å². The number of hydrogen-bond donors (Lipinski definition) is 0. The number of aromatic nitrogens is 3. The van der Waals surface area contributed by atoms with E-state index >= 15 is 0 Å². The number of ether oxygens (including phenoxy) is 1. The number of esters is 1. The Labute approximate surface area is 185 Å². The zero-order valence-corrected chi connectivity index (χ0v) is 18.6. The van der Waals surface area contributed by atoms with E-state index in [1.54, 1.807) is 40.3 Å². The van der Waals surface area contributed by atoms with Crippen LogP contribution in [0.1, 0.15) is 17.3 Å². The second-order valence-corrected chi connectivity index (χ2v) is 8.62. The van der Waals surface area contributed by atoms with Gasteiger partial charge in [-0.15, -0.1) is 0 Å². The molecule has 0 saturated heterocycles. The van der Waals surface area contributed by atoms with Gasteiger partial charge in [-0.25, -0.2) is 9.78 Å². The number of carbonyl (C=O) groups excluding carboxylic acids is 1. The van der Waals surface area contributed by atoms with Crippen molar-refractivity contribution in [3.8, 4) is 11.4 Å². The van der Waals surface area contributed by atoms with E-state index < -0.39 is 0 Å². The van der Waals surface area contributed by atoms with E-state index in [0.717, 1.165) is 11.4 Å². The summed E-state index contributed by atoms with van der Waals surface area (Å²) >= 11 is 8.18. The number of benzene rings is 2. The second kappa shape index (κ2) is 8.55. The molecule has 30 heavy (non-hydrogen) atoms. The highest BCUT2D eigenvalue weighted by Gasteiger charge is 2.18. The van der Waals surface area contributed by atoms with Gasteiger partial charge < -0.3 is 4.74 Å². The first-order valence-electron chi connectivity index (χ1n) is 9.10. The minimum atomic E-state index is -0.378. The van der Waals surface area contributed by atoms with Crippen LogP contribution in [-0.4, -0.2) is 33.0 Å². The van der Waals surface area contributed by atoms with E-state index in [9.17, 15) is 9.59 Å². The van der Waals surface area contributed by atoms with Gasteiger partial charge in [0.2, 0.25) is 0 Å². The highest BCUT2D eigenvalue weighted by Crippen LogP contribution is 2.26. The van der Waals surface area contributed by atoms with Crippen molar-refractivity contribution in [3.05, 3.63) is 74.5 Å². The average Bonchev–Trinajstić information content (AvgIpc) is 3.10. The Bertz CT molecular complexity index is 1340. The molecule has 0 aliphatic heterocycles. The molecule has 9 heteroatoms. The standard InChI is InChI=1S/C21H17N3O3S3/c1-3-27-19(26)13-9-11-15(12-10-13)23-17-16(30-21(23)28)18(25)24(20(22-17)29-2)14-7-5-4-6-8-14/h4-12H,3H2,1-2H3. The van der Waals surface area contributed by atoms with Crippen LogP contribution in [0.3, 0.4) is 0 Å². The van der Waals surface area contributed by atoms with Crippen LogP contribution in [0, 0.1) is 3.95 Å². The molecule has 2 aromatic heterocycles. The molecule has 0 spiro atoms. The fraction of sp³-hybridized carbons (Fsp3) is 0.143. The summed E-state index contributed by atoms with van der Waals surface area (Å²) in [5.41, 5.74) is 2.29. The van der Waals surface area contributed by atoms with Gasteiger partial charge in [0.05, 0.1) is 17.9 Å². The van der Waals surface area contributed by atoms with E-state index in [0.29, 0.717) is 31.6 Å². The molecule has 0 bridgehead atoms. The van der Waals surface area contributed by atoms with Crippen LogP contribution in [0.4, 0.5) is 0 Å². The first kappa shape index (κ1) is 20.5. The lowest BCUT2D eigenvalue weighted by atomic mass is 10.2. The van der Waals surface area contributed by atoms with Gasteiger partial charge in [0.1, 0.15) is 4.70 Å². The average molecular weight is 456 g/mol. The molecule has 4 rings (SSSR count). The summed E-state index contributed by atoms with van der Waals surface area (Å²) in [5, 5.41) is 0.573. The number of nitrogens with zero attached hydrogens (tertiary/aromatic N) is 3. The molecular formula is C21H17N3O3S3. The highest BCUT2D eigenvalue weighted by atomic mass is 32.2. The molecule has 2 heterocycles. The lowest BCUT2D eigenvalue weighted by Gasteiger charge is -2.11. The highest BCUT2D eigenvalue weighted by molar-refractivity contribution is 7.98. The summed E-state index contributed by atoms with van der Waals surface area (Å²) in [7, 11) is 0. The van der Waals surface area contributed by atoms with Crippen molar-refractivity contribution in [2.75, 3.05) is 12.9 Å². The molecule has 0 saturated carbocycles. The fourth-order valence-electron chi connectivity index (χ4n) is 3.07. The molecule has 2 aromatic carbocycles.